The molecule has 0 amide bonds. The van der Waals surface area contributed by atoms with Gasteiger partial charge in [-0.05, 0) is 36.3 Å². The second-order valence-electron chi connectivity index (χ2n) is 11.9. The van der Waals surface area contributed by atoms with Crippen molar-refractivity contribution >= 4 is 22.9 Å². The van der Waals surface area contributed by atoms with E-state index in [4.69, 9.17) is 13.6 Å². The van der Waals surface area contributed by atoms with E-state index in [1.165, 1.54) is 0 Å². The van der Waals surface area contributed by atoms with E-state index in [-0.39, 0.29) is 16.7 Å². The van der Waals surface area contributed by atoms with E-state index in [0.29, 0.717) is 6.29 Å². The molecule has 8 nitrogen and oxygen atoms in total. The highest BCUT2D eigenvalue weighted by molar-refractivity contribution is 6.74. The fourth-order valence-corrected chi connectivity index (χ4v) is 5.36. The number of carbonyl (C=O) groups excluding carboxylic acids is 1. The van der Waals surface area contributed by atoms with E-state index >= 15 is 4.39 Å². The number of ether oxygens (including phenoxy) is 1. The number of H-pyrrole nitrogens is 1. The minimum Gasteiger partial charge on any atom is -0.413 e. The average molecular weight is 503 g/mol. The van der Waals surface area contributed by atoms with Crippen LogP contribution in [0.15, 0.2) is 21.9 Å². The van der Waals surface area contributed by atoms with E-state index in [0.717, 1.165) is 16.8 Å². The van der Waals surface area contributed by atoms with Crippen LogP contribution in [0.1, 0.15) is 47.8 Å². The van der Waals surface area contributed by atoms with Gasteiger partial charge in [-0.3, -0.25) is 19.1 Å². The van der Waals surface area contributed by atoms with Gasteiger partial charge >= 0.3 is 5.69 Å². The molecule has 0 aromatic carbocycles. The van der Waals surface area contributed by atoms with Crippen LogP contribution in [-0.4, -0.2) is 57.0 Å². The summed E-state index contributed by atoms with van der Waals surface area (Å²) in [6.45, 7) is 20.0. The van der Waals surface area contributed by atoms with Crippen molar-refractivity contribution < 1.29 is 22.8 Å². The molecule has 2 heterocycles. The number of alkyl halides is 1. The lowest BCUT2D eigenvalue weighted by Crippen LogP contribution is -2.57. The summed E-state index contributed by atoms with van der Waals surface area (Å²) in [6.07, 6.45) is -2.85. The maximum absolute atomic E-state index is 16.0. The summed E-state index contributed by atoms with van der Waals surface area (Å²) in [5.41, 5.74) is -3.18. The number of aromatic amines is 1. The molecule has 4 unspecified atom stereocenters. The molecule has 1 fully saturated rings. The van der Waals surface area contributed by atoms with Crippen LogP contribution < -0.4 is 11.2 Å². The van der Waals surface area contributed by atoms with Gasteiger partial charge in [0.05, 0.1) is 6.61 Å². The molecule has 1 saturated heterocycles. The van der Waals surface area contributed by atoms with Crippen LogP contribution in [-0.2, 0) is 18.4 Å². The van der Waals surface area contributed by atoms with Gasteiger partial charge in [-0.2, -0.15) is 0 Å². The third-order valence-electron chi connectivity index (χ3n) is 7.40. The predicted molar refractivity (Wildman–Crippen MR) is 130 cm³/mol. The molecule has 0 bridgehead atoms. The monoisotopic (exact) mass is 502 g/mol. The summed E-state index contributed by atoms with van der Waals surface area (Å²) in [5, 5.41) is -0.398. The first-order valence-electron chi connectivity index (χ1n) is 11.2. The number of aromatic nitrogens is 2. The molecular weight excluding hydrogens is 463 g/mol. The minimum absolute atomic E-state index is 0.143. The normalized spacial score (nSPS) is 27.1. The van der Waals surface area contributed by atoms with Gasteiger partial charge in [0.25, 0.3) is 5.56 Å². The average Bonchev–Trinajstić information content (AvgIpc) is 2.91. The van der Waals surface area contributed by atoms with Gasteiger partial charge in [0, 0.05) is 12.3 Å². The molecule has 4 atom stereocenters. The Labute approximate surface area is 197 Å². The third kappa shape index (κ3) is 5.47. The van der Waals surface area contributed by atoms with E-state index < -0.39 is 52.0 Å². The molecule has 11 heteroatoms. The van der Waals surface area contributed by atoms with Crippen LogP contribution in [0.5, 0.6) is 0 Å². The molecule has 0 spiro atoms. The molecule has 188 valence electrons. The fourth-order valence-electron chi connectivity index (χ4n) is 3.03. The number of rotatable bonds is 7. The highest BCUT2D eigenvalue weighted by Gasteiger charge is 2.61. The molecule has 1 aromatic rings. The van der Waals surface area contributed by atoms with E-state index in [1.54, 1.807) is 0 Å². The van der Waals surface area contributed by atoms with Crippen LogP contribution in [0, 0.1) is 0 Å². The molecule has 1 aromatic heterocycles. The molecule has 0 aliphatic carbocycles. The smallest absolute Gasteiger partial charge is 0.330 e. The molecular formula is C22H39FN2O6Si2. The SMILES string of the molecule is CC(C)(C)[Si](C)(C)OCC1(C=O)OC(n2ccc(=O)[nH]c2=O)C(F)C1O[Si](C)(C)C(C)(C)C. The van der Waals surface area contributed by atoms with Crippen molar-refractivity contribution in [2.45, 2.75) is 102 Å². The zero-order chi connectivity index (χ0) is 25.6. The largest absolute Gasteiger partial charge is 0.413 e. The zero-order valence-corrected chi connectivity index (χ0v) is 23.4. The lowest BCUT2D eigenvalue weighted by molar-refractivity contribution is -0.149. The first kappa shape index (κ1) is 27.8. The van der Waals surface area contributed by atoms with Crippen molar-refractivity contribution in [1.82, 2.24) is 9.55 Å². The van der Waals surface area contributed by atoms with Crippen molar-refractivity contribution in [3.8, 4) is 0 Å². The zero-order valence-electron chi connectivity index (χ0n) is 21.4. The standard InChI is InChI=1S/C22H39FN2O6Si2/c1-20(2,3)32(7,8)29-14-22(13-26)17(31-33(9,10)21(4,5)6)16(23)18(30-22)25-12-11-15(27)24-19(25)28/h11-13,16-18H,14H2,1-10H3,(H,24,27,28). The van der Waals surface area contributed by atoms with Gasteiger partial charge in [0.2, 0.25) is 0 Å². The van der Waals surface area contributed by atoms with Crippen molar-refractivity contribution in [2.24, 2.45) is 0 Å². The number of aldehydes is 1. The molecule has 33 heavy (non-hydrogen) atoms. The van der Waals surface area contributed by atoms with Crippen molar-refractivity contribution in [3.05, 3.63) is 33.1 Å². The summed E-state index contributed by atoms with van der Waals surface area (Å²) in [6, 6.07) is 1.11. The Hall–Kier alpha value is -1.41. The second-order valence-corrected chi connectivity index (χ2v) is 21.5. The highest BCUT2D eigenvalue weighted by Crippen LogP contribution is 2.46. The lowest BCUT2D eigenvalue weighted by Gasteiger charge is -2.43. The van der Waals surface area contributed by atoms with Gasteiger partial charge in [0.15, 0.2) is 40.9 Å². The predicted octanol–water partition coefficient (Wildman–Crippen LogP) is 3.75. The van der Waals surface area contributed by atoms with Gasteiger partial charge in [-0.25, -0.2) is 9.18 Å². The Bertz CT molecular complexity index is 979. The highest BCUT2D eigenvalue weighted by atomic mass is 28.4. The number of nitrogens with zero attached hydrogens (tertiary/aromatic N) is 1. The molecule has 0 radical (unpaired) electrons. The van der Waals surface area contributed by atoms with Gasteiger partial charge < -0.3 is 13.6 Å². The van der Waals surface area contributed by atoms with Crippen molar-refractivity contribution in [2.75, 3.05) is 6.61 Å². The summed E-state index contributed by atoms with van der Waals surface area (Å²) < 4.78 is 35.6. The van der Waals surface area contributed by atoms with Crippen LogP contribution >= 0.6 is 0 Å². The van der Waals surface area contributed by atoms with E-state index in [1.807, 2.05) is 47.0 Å². The summed E-state index contributed by atoms with van der Waals surface area (Å²) >= 11 is 0. The molecule has 1 N–H and O–H groups in total. The molecule has 0 saturated carbocycles. The molecule has 2 rings (SSSR count). The van der Waals surface area contributed by atoms with Crippen molar-refractivity contribution in [3.63, 3.8) is 0 Å². The van der Waals surface area contributed by atoms with E-state index in [2.05, 4.69) is 25.8 Å². The molecule has 1 aliphatic rings. The van der Waals surface area contributed by atoms with Gasteiger partial charge in [-0.15, -0.1) is 0 Å². The molecule has 1 aliphatic heterocycles. The Morgan fingerprint density at radius 3 is 2.12 bits per heavy atom. The van der Waals surface area contributed by atoms with Crippen LogP contribution in [0.3, 0.4) is 0 Å². The maximum Gasteiger partial charge on any atom is 0.330 e. The Morgan fingerprint density at radius 1 is 1.12 bits per heavy atom. The van der Waals surface area contributed by atoms with Crippen molar-refractivity contribution in [1.29, 1.82) is 0 Å². The minimum atomic E-state index is -2.55. The van der Waals surface area contributed by atoms with E-state index in [9.17, 15) is 14.4 Å². The topological polar surface area (TPSA) is 99.6 Å². The first-order chi connectivity index (χ1) is 14.8. The van der Waals surface area contributed by atoms with Crippen LogP contribution in [0.4, 0.5) is 4.39 Å². The Balaban J connectivity index is 2.55. The summed E-state index contributed by atoms with van der Waals surface area (Å²) in [7, 11) is -4.87. The second kappa shape index (κ2) is 8.99. The number of hydrogen-bond donors (Lipinski definition) is 1. The van der Waals surface area contributed by atoms with Crippen LogP contribution in [0.25, 0.3) is 0 Å². The van der Waals surface area contributed by atoms with Crippen LogP contribution in [0.2, 0.25) is 36.3 Å². The summed E-state index contributed by atoms with van der Waals surface area (Å²) in [5.74, 6) is 0. The number of halogens is 1. The van der Waals surface area contributed by atoms with Gasteiger partial charge in [0.1, 0.15) is 6.10 Å². The van der Waals surface area contributed by atoms with Gasteiger partial charge in [-0.1, -0.05) is 41.5 Å². The fraction of sp³-hybridized carbons (Fsp3) is 0.773. The maximum atomic E-state index is 16.0. The number of carbonyl (C=O) groups is 1. The first-order valence-corrected chi connectivity index (χ1v) is 17.0. The Morgan fingerprint density at radius 2 is 1.67 bits per heavy atom. The quantitative estimate of drug-likeness (QED) is 0.450. The summed E-state index contributed by atoms with van der Waals surface area (Å²) in [4.78, 5) is 38.5. The number of hydrogen-bond acceptors (Lipinski definition) is 6. The number of nitrogens with one attached hydrogen (secondary N) is 1. The third-order valence-corrected chi connectivity index (χ3v) is 16.3. The lowest BCUT2D eigenvalue weighted by atomic mass is 9.99. The Kier molecular flexibility index (Phi) is 7.58.